The number of nitriles is 1. The topological polar surface area (TPSA) is 45.0 Å². The van der Waals surface area contributed by atoms with Crippen LogP contribution >= 0.6 is 27.5 Å². The number of hydrogen-bond donors (Lipinski definition) is 1. The van der Waals surface area contributed by atoms with Gasteiger partial charge in [0.2, 0.25) is 0 Å². The van der Waals surface area contributed by atoms with Crippen molar-refractivity contribution < 1.29 is 4.74 Å². The molecular weight excluding hydrogens is 328 g/mol. The summed E-state index contributed by atoms with van der Waals surface area (Å²) < 4.78 is 6.06. The van der Waals surface area contributed by atoms with E-state index in [4.69, 9.17) is 21.6 Å². The first kappa shape index (κ1) is 13.7. The Morgan fingerprint density at radius 1 is 1.26 bits per heavy atom. The van der Waals surface area contributed by atoms with Gasteiger partial charge in [-0.05, 0) is 30.3 Å². The van der Waals surface area contributed by atoms with Crippen LogP contribution in [0, 0.1) is 11.3 Å². The fraction of sp³-hybridized carbons (Fsp3) is 0.0714. The van der Waals surface area contributed by atoms with E-state index in [2.05, 4.69) is 27.3 Å². The van der Waals surface area contributed by atoms with E-state index in [-0.39, 0.29) is 0 Å². The predicted molar refractivity (Wildman–Crippen MR) is 80.1 cm³/mol. The molecule has 3 nitrogen and oxygen atoms in total. The second-order valence-corrected chi connectivity index (χ2v) is 5.10. The zero-order chi connectivity index (χ0) is 13.8. The molecule has 0 aliphatic carbocycles. The predicted octanol–water partition coefficient (Wildman–Crippen LogP) is 4.73. The molecule has 0 radical (unpaired) electrons. The van der Waals surface area contributed by atoms with Gasteiger partial charge >= 0.3 is 0 Å². The minimum atomic E-state index is 0.544. The number of benzene rings is 2. The van der Waals surface area contributed by atoms with Crippen LogP contribution in [0.25, 0.3) is 0 Å². The van der Waals surface area contributed by atoms with Crippen molar-refractivity contribution in [3.05, 3.63) is 51.5 Å². The summed E-state index contributed by atoms with van der Waals surface area (Å²) in [5.41, 5.74) is 2.09. The number of halogens is 2. The van der Waals surface area contributed by atoms with E-state index in [9.17, 15) is 0 Å². The van der Waals surface area contributed by atoms with Gasteiger partial charge in [-0.25, -0.2) is 0 Å². The van der Waals surface area contributed by atoms with E-state index in [0.717, 1.165) is 15.8 Å². The summed E-state index contributed by atoms with van der Waals surface area (Å²) >= 11 is 9.35. The highest BCUT2D eigenvalue weighted by molar-refractivity contribution is 9.10. The van der Waals surface area contributed by atoms with Gasteiger partial charge < -0.3 is 10.1 Å². The fourth-order valence-corrected chi connectivity index (χ4v) is 2.17. The van der Waals surface area contributed by atoms with Crippen molar-refractivity contribution >= 4 is 38.9 Å². The van der Waals surface area contributed by atoms with Gasteiger partial charge in [-0.15, -0.1) is 0 Å². The van der Waals surface area contributed by atoms with Crippen LogP contribution in [0.5, 0.6) is 5.75 Å². The first-order valence-electron chi connectivity index (χ1n) is 5.44. The van der Waals surface area contributed by atoms with Gasteiger partial charge in [0, 0.05) is 16.2 Å². The first-order chi connectivity index (χ1) is 9.13. The highest BCUT2D eigenvalue weighted by Gasteiger charge is 2.06. The van der Waals surface area contributed by atoms with E-state index in [1.165, 1.54) is 0 Å². The van der Waals surface area contributed by atoms with Crippen LogP contribution in [-0.4, -0.2) is 7.11 Å². The lowest BCUT2D eigenvalue weighted by molar-refractivity contribution is 0.415. The summed E-state index contributed by atoms with van der Waals surface area (Å²) in [6.07, 6.45) is 0. The van der Waals surface area contributed by atoms with E-state index >= 15 is 0 Å². The summed E-state index contributed by atoms with van der Waals surface area (Å²) in [7, 11) is 1.56. The summed E-state index contributed by atoms with van der Waals surface area (Å²) in [5.74, 6) is 0.583. The SMILES string of the molecule is COc1cc(Nc2cc(Br)ccc2C#N)ccc1Cl. The van der Waals surface area contributed by atoms with E-state index < -0.39 is 0 Å². The summed E-state index contributed by atoms with van der Waals surface area (Å²) in [6, 6.07) is 12.9. The largest absolute Gasteiger partial charge is 0.495 e. The molecule has 0 amide bonds. The molecule has 0 bridgehead atoms. The van der Waals surface area contributed by atoms with Crippen LogP contribution in [-0.2, 0) is 0 Å². The molecule has 0 aromatic heterocycles. The number of ether oxygens (including phenoxy) is 1. The molecule has 19 heavy (non-hydrogen) atoms. The maximum Gasteiger partial charge on any atom is 0.139 e. The highest BCUT2D eigenvalue weighted by atomic mass is 79.9. The highest BCUT2D eigenvalue weighted by Crippen LogP contribution is 2.30. The Hall–Kier alpha value is -1.70. The Labute approximate surface area is 124 Å². The number of nitrogens with one attached hydrogen (secondary N) is 1. The zero-order valence-corrected chi connectivity index (χ0v) is 12.4. The van der Waals surface area contributed by atoms with Crippen molar-refractivity contribution in [3.63, 3.8) is 0 Å². The third-order valence-corrected chi connectivity index (χ3v) is 3.34. The molecule has 0 spiro atoms. The van der Waals surface area contributed by atoms with Crippen LogP contribution in [0.2, 0.25) is 5.02 Å². The average Bonchev–Trinajstić information content (AvgIpc) is 2.41. The summed E-state index contributed by atoms with van der Waals surface area (Å²) in [6.45, 7) is 0. The smallest absolute Gasteiger partial charge is 0.139 e. The third kappa shape index (κ3) is 3.19. The molecule has 96 valence electrons. The lowest BCUT2D eigenvalue weighted by Crippen LogP contribution is -1.94. The van der Waals surface area contributed by atoms with E-state index in [1.807, 2.05) is 18.2 Å². The lowest BCUT2D eigenvalue weighted by atomic mass is 10.2. The van der Waals surface area contributed by atoms with Crippen LogP contribution in [0.15, 0.2) is 40.9 Å². The molecule has 0 unspecified atom stereocenters. The zero-order valence-electron chi connectivity index (χ0n) is 10.1. The molecule has 2 rings (SSSR count). The van der Waals surface area contributed by atoms with Crippen LogP contribution in [0.4, 0.5) is 11.4 Å². The minimum Gasteiger partial charge on any atom is -0.495 e. The molecule has 0 aliphatic heterocycles. The second kappa shape index (κ2) is 5.96. The molecule has 2 aromatic carbocycles. The van der Waals surface area contributed by atoms with Crippen LogP contribution in [0.3, 0.4) is 0 Å². The van der Waals surface area contributed by atoms with Gasteiger partial charge in [-0.1, -0.05) is 27.5 Å². The van der Waals surface area contributed by atoms with Gasteiger partial charge in [-0.3, -0.25) is 0 Å². The molecule has 0 aliphatic rings. The third-order valence-electron chi connectivity index (χ3n) is 2.53. The van der Waals surface area contributed by atoms with Crippen LogP contribution in [0.1, 0.15) is 5.56 Å². The normalized spacial score (nSPS) is 9.79. The molecule has 0 fully saturated rings. The molecule has 5 heteroatoms. The number of anilines is 2. The Kier molecular flexibility index (Phi) is 4.31. The molecule has 1 N–H and O–H groups in total. The maximum absolute atomic E-state index is 9.08. The number of hydrogen-bond acceptors (Lipinski definition) is 3. The average molecular weight is 338 g/mol. The van der Waals surface area contributed by atoms with Crippen molar-refractivity contribution in [1.82, 2.24) is 0 Å². The molecule has 0 atom stereocenters. The van der Waals surface area contributed by atoms with Crippen molar-refractivity contribution in [1.29, 1.82) is 5.26 Å². The Balaban J connectivity index is 2.36. The quantitative estimate of drug-likeness (QED) is 0.881. The minimum absolute atomic E-state index is 0.544. The first-order valence-corrected chi connectivity index (χ1v) is 6.61. The van der Waals surface area contributed by atoms with Gasteiger partial charge in [-0.2, -0.15) is 5.26 Å². The molecular formula is C14H10BrClN2O. The van der Waals surface area contributed by atoms with E-state index in [0.29, 0.717) is 16.3 Å². The summed E-state index contributed by atoms with van der Waals surface area (Å²) in [4.78, 5) is 0. The number of rotatable bonds is 3. The van der Waals surface area contributed by atoms with Gasteiger partial charge in [0.15, 0.2) is 0 Å². The Bertz CT molecular complexity index is 652. The van der Waals surface area contributed by atoms with Crippen LogP contribution < -0.4 is 10.1 Å². The fourth-order valence-electron chi connectivity index (χ4n) is 1.61. The van der Waals surface area contributed by atoms with Crippen molar-refractivity contribution in [3.8, 4) is 11.8 Å². The summed E-state index contributed by atoms with van der Waals surface area (Å²) in [5, 5.41) is 12.8. The van der Waals surface area contributed by atoms with Crippen molar-refractivity contribution in [2.45, 2.75) is 0 Å². The van der Waals surface area contributed by atoms with Gasteiger partial charge in [0.1, 0.15) is 11.8 Å². The molecule has 0 heterocycles. The number of methoxy groups -OCH3 is 1. The second-order valence-electron chi connectivity index (χ2n) is 3.78. The standard InChI is InChI=1S/C14H10BrClN2O/c1-19-14-7-11(4-5-12(14)16)18-13-6-10(15)3-2-9(13)8-17/h2-7,18H,1H3. The van der Waals surface area contributed by atoms with E-state index in [1.54, 1.807) is 25.3 Å². The van der Waals surface area contributed by atoms with Crippen molar-refractivity contribution in [2.24, 2.45) is 0 Å². The monoisotopic (exact) mass is 336 g/mol. The molecule has 2 aromatic rings. The van der Waals surface area contributed by atoms with Gasteiger partial charge in [0.05, 0.1) is 23.4 Å². The molecule has 0 saturated heterocycles. The Morgan fingerprint density at radius 2 is 2.05 bits per heavy atom. The number of nitrogens with zero attached hydrogens (tertiary/aromatic N) is 1. The molecule has 0 saturated carbocycles. The Morgan fingerprint density at radius 3 is 2.74 bits per heavy atom. The van der Waals surface area contributed by atoms with Crippen molar-refractivity contribution in [2.75, 3.05) is 12.4 Å². The lowest BCUT2D eigenvalue weighted by Gasteiger charge is -2.11. The maximum atomic E-state index is 9.08. The van der Waals surface area contributed by atoms with Gasteiger partial charge in [0.25, 0.3) is 0 Å².